The quantitative estimate of drug-likeness (QED) is 0.860. The lowest BCUT2D eigenvalue weighted by Crippen LogP contribution is -2.48. The minimum atomic E-state index is -3.16. The summed E-state index contributed by atoms with van der Waals surface area (Å²) in [7, 11) is -1.11. The van der Waals surface area contributed by atoms with Gasteiger partial charge in [0, 0.05) is 0 Å². The molecule has 3 nitrogen and oxygen atoms in total. The summed E-state index contributed by atoms with van der Waals surface area (Å²) in [5.41, 5.74) is 0.955. The summed E-state index contributed by atoms with van der Waals surface area (Å²) < 4.78 is 25.1. The number of benzene rings is 1. The van der Waals surface area contributed by atoms with E-state index in [1.54, 1.807) is 13.8 Å². The predicted octanol–water partition coefficient (Wildman–Crippen LogP) is 2.85. The molecule has 1 aliphatic heterocycles. The lowest BCUT2D eigenvalue weighted by molar-refractivity contribution is 0.232. The number of halogens is 1. The highest BCUT2D eigenvalue weighted by Crippen LogP contribution is 2.42. The Kier molecular flexibility index (Phi) is 5.64. The summed E-state index contributed by atoms with van der Waals surface area (Å²) in [4.78, 5) is 2.21. The molecule has 0 atom stereocenters. The number of rotatable bonds is 3. The Hall–Kier alpha value is -0.580. The van der Waals surface area contributed by atoms with E-state index in [0.717, 1.165) is 18.7 Å². The Morgan fingerprint density at radius 3 is 2.05 bits per heavy atom. The van der Waals surface area contributed by atoms with Crippen molar-refractivity contribution >= 4 is 22.2 Å². The Labute approximate surface area is 128 Å². The minimum absolute atomic E-state index is 0. The average Bonchev–Trinajstić information content (AvgIpc) is 2.40. The van der Waals surface area contributed by atoms with Crippen molar-refractivity contribution in [3.8, 4) is 0 Å². The van der Waals surface area contributed by atoms with Gasteiger partial charge < -0.3 is 4.90 Å². The molecule has 0 saturated carbocycles. The molecule has 20 heavy (non-hydrogen) atoms. The maximum Gasteiger partial charge on any atom is 0.162 e. The second-order valence-electron chi connectivity index (χ2n) is 5.76. The van der Waals surface area contributed by atoms with Gasteiger partial charge in [-0.05, 0) is 52.4 Å². The van der Waals surface area contributed by atoms with Gasteiger partial charge in [-0.1, -0.05) is 30.3 Å². The lowest BCUT2D eigenvalue weighted by atomic mass is 9.88. The predicted molar refractivity (Wildman–Crippen MR) is 86.2 cm³/mol. The molecule has 0 aromatic heterocycles. The van der Waals surface area contributed by atoms with E-state index >= 15 is 0 Å². The Balaban J connectivity index is 0.00000200. The van der Waals surface area contributed by atoms with Crippen LogP contribution in [0.25, 0.3) is 0 Å². The molecule has 0 amide bonds. The standard InChI is InChI=1S/C15H23NO2S.ClH/c1-13(2)19(17,18)15(9-11-16(3)12-10-15)14-7-5-4-6-8-14;/h4-8,13H,9-12H2,1-3H3;1H. The first-order valence-electron chi connectivity index (χ1n) is 6.88. The number of sulfone groups is 1. The summed E-state index contributed by atoms with van der Waals surface area (Å²) in [5.74, 6) is 0. The molecule has 1 aromatic carbocycles. The fraction of sp³-hybridized carbons (Fsp3) is 0.600. The Bertz CT molecular complexity index is 520. The molecule has 1 saturated heterocycles. The zero-order valence-corrected chi connectivity index (χ0v) is 14.0. The van der Waals surface area contributed by atoms with E-state index in [0.29, 0.717) is 12.8 Å². The van der Waals surface area contributed by atoms with Crippen LogP contribution in [0.2, 0.25) is 0 Å². The van der Waals surface area contributed by atoms with Crippen molar-refractivity contribution in [1.29, 1.82) is 0 Å². The molecule has 0 bridgehead atoms. The Morgan fingerprint density at radius 1 is 1.10 bits per heavy atom. The smallest absolute Gasteiger partial charge is 0.162 e. The van der Waals surface area contributed by atoms with E-state index < -0.39 is 14.6 Å². The van der Waals surface area contributed by atoms with Crippen LogP contribution in [0.3, 0.4) is 0 Å². The molecular weight excluding hydrogens is 294 g/mol. The summed E-state index contributed by atoms with van der Waals surface area (Å²) in [5, 5.41) is -0.337. The minimum Gasteiger partial charge on any atom is -0.306 e. The molecule has 5 heteroatoms. The average molecular weight is 318 g/mol. The molecule has 0 aliphatic carbocycles. The molecule has 0 radical (unpaired) electrons. The molecule has 1 aromatic rings. The molecule has 0 unspecified atom stereocenters. The number of hydrogen-bond acceptors (Lipinski definition) is 3. The van der Waals surface area contributed by atoms with Crippen LogP contribution in [0, 0.1) is 0 Å². The van der Waals surface area contributed by atoms with Gasteiger partial charge in [-0.15, -0.1) is 12.4 Å². The normalized spacial score (nSPS) is 19.6. The van der Waals surface area contributed by atoms with Crippen molar-refractivity contribution in [3.05, 3.63) is 35.9 Å². The Morgan fingerprint density at radius 2 is 1.60 bits per heavy atom. The highest BCUT2D eigenvalue weighted by atomic mass is 35.5. The largest absolute Gasteiger partial charge is 0.306 e. The number of likely N-dealkylation sites (tertiary alicyclic amines) is 1. The van der Waals surface area contributed by atoms with E-state index in [2.05, 4.69) is 11.9 Å². The lowest BCUT2D eigenvalue weighted by Gasteiger charge is -2.41. The van der Waals surface area contributed by atoms with E-state index in [1.807, 2.05) is 30.3 Å². The molecule has 1 heterocycles. The molecule has 1 aliphatic rings. The van der Waals surface area contributed by atoms with E-state index in [9.17, 15) is 8.42 Å². The van der Waals surface area contributed by atoms with Gasteiger partial charge in [-0.3, -0.25) is 0 Å². The van der Waals surface area contributed by atoms with Gasteiger partial charge in [-0.25, -0.2) is 8.42 Å². The van der Waals surface area contributed by atoms with Gasteiger partial charge in [-0.2, -0.15) is 0 Å². The molecule has 0 spiro atoms. The summed E-state index contributed by atoms with van der Waals surface area (Å²) in [6.45, 7) is 5.25. The highest BCUT2D eigenvalue weighted by molar-refractivity contribution is 7.92. The van der Waals surface area contributed by atoms with Gasteiger partial charge in [0.2, 0.25) is 0 Å². The second kappa shape index (κ2) is 6.46. The van der Waals surface area contributed by atoms with Crippen LogP contribution >= 0.6 is 12.4 Å². The van der Waals surface area contributed by atoms with E-state index in [4.69, 9.17) is 0 Å². The van der Waals surface area contributed by atoms with Crippen molar-refractivity contribution < 1.29 is 8.42 Å². The molecule has 114 valence electrons. The first kappa shape index (κ1) is 17.5. The second-order valence-corrected chi connectivity index (χ2v) is 8.57. The summed E-state index contributed by atoms with van der Waals surface area (Å²) in [6.07, 6.45) is 1.38. The van der Waals surface area contributed by atoms with Crippen LogP contribution in [-0.2, 0) is 14.6 Å². The highest BCUT2D eigenvalue weighted by Gasteiger charge is 2.47. The van der Waals surface area contributed by atoms with Crippen LogP contribution in [-0.4, -0.2) is 38.7 Å². The van der Waals surface area contributed by atoms with E-state index in [-0.39, 0.29) is 17.7 Å². The van der Waals surface area contributed by atoms with Gasteiger partial charge >= 0.3 is 0 Å². The zero-order valence-electron chi connectivity index (χ0n) is 12.4. The zero-order chi connectivity index (χ0) is 14.1. The molecular formula is C15H24ClNO2S. The molecule has 1 fully saturated rings. The van der Waals surface area contributed by atoms with Crippen molar-refractivity contribution in [2.75, 3.05) is 20.1 Å². The van der Waals surface area contributed by atoms with E-state index in [1.165, 1.54) is 0 Å². The van der Waals surface area contributed by atoms with Gasteiger partial charge in [0.25, 0.3) is 0 Å². The fourth-order valence-corrected chi connectivity index (χ4v) is 5.03. The monoisotopic (exact) mass is 317 g/mol. The third kappa shape index (κ3) is 2.87. The first-order valence-corrected chi connectivity index (χ1v) is 8.42. The van der Waals surface area contributed by atoms with Crippen LogP contribution in [0.5, 0.6) is 0 Å². The third-order valence-corrected chi connectivity index (χ3v) is 7.23. The maximum absolute atomic E-state index is 12.9. The number of nitrogens with zero attached hydrogens (tertiary/aromatic N) is 1. The SMILES string of the molecule is CC(C)S(=O)(=O)C1(c2ccccc2)CCN(C)CC1.Cl. The number of hydrogen-bond donors (Lipinski definition) is 0. The van der Waals surface area contributed by atoms with Gasteiger partial charge in [0.1, 0.15) is 0 Å². The van der Waals surface area contributed by atoms with Gasteiger partial charge in [0.15, 0.2) is 9.84 Å². The molecule has 0 N–H and O–H groups in total. The van der Waals surface area contributed by atoms with Crippen LogP contribution in [0.15, 0.2) is 30.3 Å². The van der Waals surface area contributed by atoms with Crippen molar-refractivity contribution in [3.63, 3.8) is 0 Å². The number of piperidine rings is 1. The summed E-state index contributed by atoms with van der Waals surface area (Å²) in [6, 6.07) is 9.74. The fourth-order valence-electron chi connectivity index (χ4n) is 2.91. The van der Waals surface area contributed by atoms with Crippen molar-refractivity contribution in [1.82, 2.24) is 4.90 Å². The topological polar surface area (TPSA) is 37.4 Å². The van der Waals surface area contributed by atoms with Crippen LogP contribution in [0.4, 0.5) is 0 Å². The van der Waals surface area contributed by atoms with Crippen LogP contribution < -0.4 is 0 Å². The molecule has 2 rings (SSSR count). The first-order chi connectivity index (χ1) is 8.90. The summed E-state index contributed by atoms with van der Waals surface area (Å²) >= 11 is 0. The van der Waals surface area contributed by atoms with Gasteiger partial charge in [0.05, 0.1) is 10.00 Å². The van der Waals surface area contributed by atoms with Crippen molar-refractivity contribution in [2.45, 2.75) is 36.7 Å². The maximum atomic E-state index is 12.9. The van der Waals surface area contributed by atoms with Crippen molar-refractivity contribution in [2.24, 2.45) is 0 Å². The van der Waals surface area contributed by atoms with Crippen LogP contribution in [0.1, 0.15) is 32.3 Å². The third-order valence-electron chi connectivity index (χ3n) is 4.26.